The molecule has 0 aliphatic rings. The van der Waals surface area contributed by atoms with Crippen molar-refractivity contribution in [3.8, 4) is 6.07 Å². The van der Waals surface area contributed by atoms with E-state index in [1.165, 1.54) is 4.68 Å². The molecular weight excluding hydrogens is 396 g/mol. The first kappa shape index (κ1) is 21.8. The van der Waals surface area contributed by atoms with Crippen LogP contribution in [0.1, 0.15) is 54.5 Å². The predicted molar refractivity (Wildman–Crippen MR) is 94.9 cm³/mol. The second kappa shape index (κ2) is 8.22. The van der Waals surface area contributed by atoms with Crippen molar-refractivity contribution < 1.29 is 22.4 Å². The van der Waals surface area contributed by atoms with Crippen molar-refractivity contribution in [2.24, 2.45) is 4.99 Å². The molecule has 150 valence electrons. The third kappa shape index (κ3) is 5.25. The minimum atomic E-state index is -4.70. The fourth-order valence-corrected chi connectivity index (χ4v) is 3.15. The molecule has 0 spiro atoms. The molecule has 2 aromatic rings. The van der Waals surface area contributed by atoms with Crippen molar-refractivity contribution in [1.29, 1.82) is 5.26 Å². The van der Waals surface area contributed by atoms with E-state index in [9.17, 15) is 22.4 Å². The summed E-state index contributed by atoms with van der Waals surface area (Å²) >= 11 is 1.10. The third-order valence-electron chi connectivity index (χ3n) is 3.64. The molecule has 0 unspecified atom stereocenters. The van der Waals surface area contributed by atoms with Crippen LogP contribution in [0.15, 0.2) is 23.2 Å². The molecule has 10 heteroatoms. The van der Waals surface area contributed by atoms with E-state index in [2.05, 4.69) is 10.1 Å². The number of nitrogens with zero attached hydrogens (tertiary/aromatic N) is 4. The van der Waals surface area contributed by atoms with Crippen LogP contribution in [-0.2, 0) is 18.1 Å². The lowest BCUT2D eigenvalue weighted by Gasteiger charge is -2.12. The molecule has 28 heavy (non-hydrogen) atoms. The van der Waals surface area contributed by atoms with Crippen LogP contribution >= 0.6 is 11.3 Å². The first-order valence-electron chi connectivity index (χ1n) is 8.34. The summed E-state index contributed by atoms with van der Waals surface area (Å²) in [7, 11) is 0. The molecule has 0 N–H and O–H groups in total. The molecule has 2 rings (SSSR count). The van der Waals surface area contributed by atoms with Gasteiger partial charge < -0.3 is 0 Å². The van der Waals surface area contributed by atoms with Gasteiger partial charge in [0, 0.05) is 18.4 Å². The minimum absolute atomic E-state index is 0.143. The number of carbonyl (C=O) groups is 1. The Kier molecular flexibility index (Phi) is 6.39. The number of amides is 1. The summed E-state index contributed by atoms with van der Waals surface area (Å²) in [6, 6.07) is 3.61. The molecule has 0 radical (unpaired) electrons. The number of benzene rings is 1. The Bertz CT molecular complexity index is 977. The van der Waals surface area contributed by atoms with Crippen LogP contribution < -0.4 is 4.80 Å². The van der Waals surface area contributed by atoms with Gasteiger partial charge in [-0.1, -0.05) is 32.1 Å². The minimum Gasteiger partial charge on any atom is -0.267 e. The highest BCUT2D eigenvalue weighted by molar-refractivity contribution is 7.09. The highest BCUT2D eigenvalue weighted by Crippen LogP contribution is 2.30. The van der Waals surface area contributed by atoms with Gasteiger partial charge in [-0.15, -0.1) is 0 Å². The fourth-order valence-electron chi connectivity index (χ4n) is 2.16. The molecule has 0 atom stereocenters. The maximum Gasteiger partial charge on any atom is 0.416 e. The van der Waals surface area contributed by atoms with E-state index in [1.807, 2.05) is 26.8 Å². The van der Waals surface area contributed by atoms with E-state index in [0.29, 0.717) is 36.2 Å². The topological polar surface area (TPSA) is 71.0 Å². The standard InChI is InChI=1S/C18H18F4N4OS/c1-17(2,3)15-25-26(9-5-4-8-23)16(28-15)24-14(27)12-10-11(18(20,21)22)6-7-13(12)19/h6-7,10H,4-5,9H2,1-3H3. The largest absolute Gasteiger partial charge is 0.416 e. The summed E-state index contributed by atoms with van der Waals surface area (Å²) in [4.78, 5) is 16.4. The predicted octanol–water partition coefficient (Wildman–Crippen LogP) is 4.44. The number of rotatable bonds is 4. The molecule has 0 aliphatic carbocycles. The molecule has 0 saturated heterocycles. The van der Waals surface area contributed by atoms with Gasteiger partial charge in [-0.05, 0) is 24.6 Å². The summed E-state index contributed by atoms with van der Waals surface area (Å²) in [5, 5.41) is 13.7. The van der Waals surface area contributed by atoms with Crippen LogP contribution in [0, 0.1) is 17.1 Å². The number of alkyl halides is 3. The maximum atomic E-state index is 14.0. The van der Waals surface area contributed by atoms with Crippen LogP contribution in [-0.4, -0.2) is 15.7 Å². The normalized spacial score (nSPS) is 12.9. The Hall–Kier alpha value is -2.54. The van der Waals surface area contributed by atoms with Crippen molar-refractivity contribution >= 4 is 17.2 Å². The lowest BCUT2D eigenvalue weighted by molar-refractivity contribution is -0.137. The summed E-state index contributed by atoms with van der Waals surface area (Å²) in [6.45, 7) is 6.02. The molecule has 5 nitrogen and oxygen atoms in total. The quantitative estimate of drug-likeness (QED) is 0.548. The number of aromatic nitrogens is 2. The SMILES string of the molecule is CC(C)(C)c1nn(CCCC#N)c(=NC(=O)c2cc(C(F)(F)F)ccc2F)s1. The van der Waals surface area contributed by atoms with E-state index in [4.69, 9.17) is 5.26 Å². The van der Waals surface area contributed by atoms with Gasteiger partial charge in [0.05, 0.1) is 17.2 Å². The second-order valence-electron chi connectivity index (χ2n) is 7.03. The van der Waals surface area contributed by atoms with Crippen LogP contribution in [0.4, 0.5) is 17.6 Å². The smallest absolute Gasteiger partial charge is 0.267 e. The summed E-state index contributed by atoms with van der Waals surface area (Å²) in [6.07, 6.45) is -3.97. The molecule has 1 heterocycles. The van der Waals surface area contributed by atoms with E-state index in [0.717, 1.165) is 11.3 Å². The van der Waals surface area contributed by atoms with E-state index >= 15 is 0 Å². The molecular formula is C18H18F4N4OS. The van der Waals surface area contributed by atoms with Gasteiger partial charge in [0.1, 0.15) is 10.8 Å². The molecule has 1 aromatic heterocycles. The number of carbonyl (C=O) groups excluding carboxylic acids is 1. The Morgan fingerprint density at radius 2 is 2.00 bits per heavy atom. The molecule has 0 aliphatic heterocycles. The molecule has 1 amide bonds. The van der Waals surface area contributed by atoms with E-state index in [-0.39, 0.29) is 16.6 Å². The highest BCUT2D eigenvalue weighted by atomic mass is 32.1. The zero-order chi connectivity index (χ0) is 21.1. The Balaban J connectivity index is 2.50. The van der Waals surface area contributed by atoms with Gasteiger partial charge in [0.15, 0.2) is 0 Å². The number of nitriles is 1. The van der Waals surface area contributed by atoms with Gasteiger partial charge >= 0.3 is 6.18 Å². The number of halogens is 4. The highest BCUT2D eigenvalue weighted by Gasteiger charge is 2.32. The molecule has 0 bridgehead atoms. The van der Waals surface area contributed by atoms with Crippen LogP contribution in [0.3, 0.4) is 0 Å². The molecule has 0 saturated carbocycles. The monoisotopic (exact) mass is 414 g/mol. The number of unbranched alkanes of at least 4 members (excludes halogenated alkanes) is 1. The van der Waals surface area contributed by atoms with Crippen molar-refractivity contribution in [3.05, 3.63) is 45.0 Å². The Morgan fingerprint density at radius 1 is 1.32 bits per heavy atom. The fraction of sp³-hybridized carbons (Fsp3) is 0.444. The zero-order valence-corrected chi connectivity index (χ0v) is 16.3. The van der Waals surface area contributed by atoms with E-state index < -0.39 is 29.0 Å². The number of aryl methyl sites for hydroxylation is 1. The van der Waals surface area contributed by atoms with Crippen LogP contribution in [0.25, 0.3) is 0 Å². The number of hydrogen-bond donors (Lipinski definition) is 0. The summed E-state index contributed by atoms with van der Waals surface area (Å²) in [5.41, 5.74) is -2.24. The van der Waals surface area contributed by atoms with Gasteiger partial charge in [-0.2, -0.15) is 28.5 Å². The zero-order valence-electron chi connectivity index (χ0n) is 15.5. The Morgan fingerprint density at radius 3 is 2.57 bits per heavy atom. The van der Waals surface area contributed by atoms with Gasteiger partial charge in [-0.25, -0.2) is 9.07 Å². The first-order valence-corrected chi connectivity index (χ1v) is 9.16. The van der Waals surface area contributed by atoms with Crippen LogP contribution in [0.2, 0.25) is 0 Å². The summed E-state index contributed by atoms with van der Waals surface area (Å²) < 4.78 is 53.9. The van der Waals surface area contributed by atoms with E-state index in [1.54, 1.807) is 0 Å². The average Bonchev–Trinajstić information content (AvgIpc) is 2.97. The first-order chi connectivity index (χ1) is 12.9. The maximum absolute atomic E-state index is 14.0. The lowest BCUT2D eigenvalue weighted by Crippen LogP contribution is -2.19. The van der Waals surface area contributed by atoms with Crippen molar-refractivity contribution in [3.63, 3.8) is 0 Å². The van der Waals surface area contributed by atoms with Crippen molar-refractivity contribution in [2.75, 3.05) is 0 Å². The number of hydrogen-bond acceptors (Lipinski definition) is 4. The van der Waals surface area contributed by atoms with Crippen LogP contribution in [0.5, 0.6) is 0 Å². The van der Waals surface area contributed by atoms with Crippen molar-refractivity contribution in [1.82, 2.24) is 9.78 Å². The molecule has 0 fully saturated rings. The average molecular weight is 414 g/mol. The third-order valence-corrected chi connectivity index (χ3v) is 5.01. The van der Waals surface area contributed by atoms with Gasteiger partial charge in [0.25, 0.3) is 5.91 Å². The summed E-state index contributed by atoms with van der Waals surface area (Å²) in [5.74, 6) is -2.21. The van der Waals surface area contributed by atoms with Crippen molar-refractivity contribution in [2.45, 2.75) is 51.7 Å². The second-order valence-corrected chi connectivity index (χ2v) is 7.99. The van der Waals surface area contributed by atoms with Gasteiger partial charge in [0.2, 0.25) is 4.80 Å². The molecule has 1 aromatic carbocycles. The Labute approximate surface area is 163 Å². The van der Waals surface area contributed by atoms with Gasteiger partial charge in [-0.3, -0.25) is 4.79 Å². The lowest BCUT2D eigenvalue weighted by atomic mass is 9.98.